The third-order valence-corrected chi connectivity index (χ3v) is 1.75. The molecule has 0 aromatic heterocycles. The Labute approximate surface area is 88.9 Å². The third-order valence-electron chi connectivity index (χ3n) is 1.75. The summed E-state index contributed by atoms with van der Waals surface area (Å²) < 4.78 is 0. The van der Waals surface area contributed by atoms with Crippen molar-refractivity contribution in [2.24, 2.45) is 0 Å². The second kappa shape index (κ2) is 5.70. The van der Waals surface area contributed by atoms with Gasteiger partial charge < -0.3 is 0 Å². The van der Waals surface area contributed by atoms with E-state index in [4.69, 9.17) is 0 Å². The number of hydrogen-bond acceptors (Lipinski definition) is 2. The standard InChI is InChI=1S/C13H12O2/c1-11(14)7-5-6-10-13(15)12-8-3-2-4-9-12/h2-10H,1H3. The van der Waals surface area contributed by atoms with Crippen LogP contribution >= 0.6 is 0 Å². The monoisotopic (exact) mass is 200 g/mol. The van der Waals surface area contributed by atoms with E-state index in [2.05, 4.69) is 0 Å². The molecule has 0 radical (unpaired) electrons. The molecule has 0 spiro atoms. The van der Waals surface area contributed by atoms with Crippen LogP contribution in [0.5, 0.6) is 0 Å². The van der Waals surface area contributed by atoms with Gasteiger partial charge in [-0.1, -0.05) is 42.5 Å². The van der Waals surface area contributed by atoms with Crippen LogP contribution in [0.2, 0.25) is 0 Å². The lowest BCUT2D eigenvalue weighted by Crippen LogP contribution is -1.92. The van der Waals surface area contributed by atoms with Crippen LogP contribution in [0.1, 0.15) is 17.3 Å². The Morgan fingerprint density at radius 2 is 1.60 bits per heavy atom. The zero-order valence-electron chi connectivity index (χ0n) is 8.51. The first kappa shape index (κ1) is 11.1. The highest BCUT2D eigenvalue weighted by atomic mass is 16.1. The Hall–Kier alpha value is -1.96. The molecule has 0 amide bonds. The minimum Gasteiger partial charge on any atom is -0.295 e. The van der Waals surface area contributed by atoms with Gasteiger partial charge in [-0.05, 0) is 19.1 Å². The van der Waals surface area contributed by atoms with Gasteiger partial charge in [0.1, 0.15) is 0 Å². The number of carbonyl (C=O) groups excluding carboxylic acids is 2. The minimum absolute atomic E-state index is 0.0354. The van der Waals surface area contributed by atoms with Crippen molar-refractivity contribution in [3.63, 3.8) is 0 Å². The van der Waals surface area contributed by atoms with E-state index in [1.165, 1.54) is 19.1 Å². The van der Waals surface area contributed by atoms with Crippen molar-refractivity contribution in [1.82, 2.24) is 0 Å². The minimum atomic E-state index is -0.0659. The van der Waals surface area contributed by atoms with Crippen LogP contribution in [0.3, 0.4) is 0 Å². The van der Waals surface area contributed by atoms with Gasteiger partial charge in [0.05, 0.1) is 0 Å². The Balaban J connectivity index is 2.61. The van der Waals surface area contributed by atoms with Crippen molar-refractivity contribution in [1.29, 1.82) is 0 Å². The molecule has 0 saturated heterocycles. The SMILES string of the molecule is CC(=O)C=CC=CC(=O)c1ccccc1. The average molecular weight is 200 g/mol. The van der Waals surface area contributed by atoms with Gasteiger partial charge in [-0.15, -0.1) is 0 Å². The first-order valence-electron chi connectivity index (χ1n) is 4.65. The molecule has 0 aliphatic carbocycles. The van der Waals surface area contributed by atoms with Crippen molar-refractivity contribution in [3.05, 3.63) is 60.2 Å². The summed E-state index contributed by atoms with van der Waals surface area (Å²) in [5, 5.41) is 0. The molecule has 0 heterocycles. The highest BCUT2D eigenvalue weighted by Crippen LogP contribution is 2.00. The molecule has 0 N–H and O–H groups in total. The number of ketones is 2. The molecule has 1 rings (SSSR count). The summed E-state index contributed by atoms with van der Waals surface area (Å²) in [5.41, 5.74) is 0.643. The van der Waals surface area contributed by atoms with Crippen molar-refractivity contribution < 1.29 is 9.59 Å². The number of carbonyl (C=O) groups is 2. The second-order valence-corrected chi connectivity index (χ2v) is 3.06. The van der Waals surface area contributed by atoms with Gasteiger partial charge in [-0.2, -0.15) is 0 Å². The van der Waals surface area contributed by atoms with E-state index in [0.717, 1.165) is 0 Å². The lowest BCUT2D eigenvalue weighted by Gasteiger charge is -1.92. The fourth-order valence-corrected chi connectivity index (χ4v) is 1.03. The van der Waals surface area contributed by atoms with Gasteiger partial charge >= 0.3 is 0 Å². The molecular weight excluding hydrogens is 188 g/mol. The number of rotatable bonds is 4. The van der Waals surface area contributed by atoms with Crippen LogP contribution in [0, 0.1) is 0 Å². The van der Waals surface area contributed by atoms with E-state index < -0.39 is 0 Å². The summed E-state index contributed by atoms with van der Waals surface area (Å²) in [5.74, 6) is -0.101. The van der Waals surface area contributed by atoms with Gasteiger partial charge in [0.25, 0.3) is 0 Å². The molecule has 1 aromatic carbocycles. The van der Waals surface area contributed by atoms with Crippen LogP contribution in [0.15, 0.2) is 54.6 Å². The Morgan fingerprint density at radius 1 is 1.00 bits per heavy atom. The summed E-state index contributed by atoms with van der Waals surface area (Å²) in [4.78, 5) is 22.0. The van der Waals surface area contributed by atoms with Crippen LogP contribution < -0.4 is 0 Å². The highest BCUT2D eigenvalue weighted by molar-refractivity contribution is 6.04. The first-order chi connectivity index (χ1) is 7.20. The molecule has 2 nitrogen and oxygen atoms in total. The molecular formula is C13H12O2. The molecule has 15 heavy (non-hydrogen) atoms. The van der Waals surface area contributed by atoms with Crippen molar-refractivity contribution >= 4 is 11.6 Å². The van der Waals surface area contributed by atoms with Crippen LogP contribution in [0.25, 0.3) is 0 Å². The zero-order chi connectivity index (χ0) is 11.1. The first-order valence-corrected chi connectivity index (χ1v) is 4.65. The van der Waals surface area contributed by atoms with Crippen LogP contribution in [0.4, 0.5) is 0 Å². The fourth-order valence-electron chi connectivity index (χ4n) is 1.03. The summed E-state index contributed by atoms with van der Waals surface area (Å²) in [7, 11) is 0. The maximum Gasteiger partial charge on any atom is 0.185 e. The largest absolute Gasteiger partial charge is 0.295 e. The Bertz CT molecular complexity index is 400. The number of benzene rings is 1. The normalized spacial score (nSPS) is 11.0. The molecule has 1 aromatic rings. The van der Waals surface area contributed by atoms with Crippen LogP contribution in [-0.2, 0) is 4.79 Å². The van der Waals surface area contributed by atoms with E-state index in [0.29, 0.717) is 5.56 Å². The molecule has 0 aliphatic heterocycles. The lowest BCUT2D eigenvalue weighted by atomic mass is 10.1. The Kier molecular flexibility index (Phi) is 4.23. The third kappa shape index (κ3) is 4.18. The maximum absolute atomic E-state index is 11.5. The molecule has 0 unspecified atom stereocenters. The summed E-state index contributed by atoms with van der Waals surface area (Å²) in [6, 6.07) is 8.98. The van der Waals surface area contributed by atoms with Crippen molar-refractivity contribution in [3.8, 4) is 0 Å². The molecule has 0 bridgehead atoms. The van der Waals surface area contributed by atoms with E-state index in [-0.39, 0.29) is 11.6 Å². The molecule has 76 valence electrons. The molecule has 0 atom stereocenters. The van der Waals surface area contributed by atoms with Gasteiger partial charge in [-0.25, -0.2) is 0 Å². The van der Waals surface area contributed by atoms with E-state index >= 15 is 0 Å². The van der Waals surface area contributed by atoms with Gasteiger partial charge in [0.15, 0.2) is 11.6 Å². The lowest BCUT2D eigenvalue weighted by molar-refractivity contribution is -0.112. The summed E-state index contributed by atoms with van der Waals surface area (Å²) in [6.45, 7) is 1.46. The van der Waals surface area contributed by atoms with Crippen LogP contribution in [-0.4, -0.2) is 11.6 Å². The van der Waals surface area contributed by atoms with Gasteiger partial charge in [0, 0.05) is 5.56 Å². The predicted molar refractivity (Wildman–Crippen MR) is 59.7 cm³/mol. The highest BCUT2D eigenvalue weighted by Gasteiger charge is 1.97. The summed E-state index contributed by atoms with van der Waals surface area (Å²) >= 11 is 0. The summed E-state index contributed by atoms with van der Waals surface area (Å²) in [6.07, 6.45) is 5.98. The van der Waals surface area contributed by atoms with E-state index in [9.17, 15) is 9.59 Å². The zero-order valence-corrected chi connectivity index (χ0v) is 8.51. The quantitative estimate of drug-likeness (QED) is 0.425. The van der Waals surface area contributed by atoms with E-state index in [1.54, 1.807) is 24.3 Å². The van der Waals surface area contributed by atoms with E-state index in [1.807, 2.05) is 18.2 Å². The average Bonchev–Trinajstić information content (AvgIpc) is 2.25. The fraction of sp³-hybridized carbons (Fsp3) is 0.0769. The molecule has 0 fully saturated rings. The van der Waals surface area contributed by atoms with Crippen molar-refractivity contribution in [2.45, 2.75) is 6.92 Å². The maximum atomic E-state index is 11.5. The van der Waals surface area contributed by atoms with Gasteiger partial charge in [-0.3, -0.25) is 9.59 Å². The van der Waals surface area contributed by atoms with Crippen molar-refractivity contribution in [2.75, 3.05) is 0 Å². The van der Waals surface area contributed by atoms with Gasteiger partial charge in [0.2, 0.25) is 0 Å². The topological polar surface area (TPSA) is 34.1 Å². The molecule has 0 aliphatic rings. The Morgan fingerprint density at radius 3 is 2.20 bits per heavy atom. The second-order valence-electron chi connectivity index (χ2n) is 3.06. The molecule has 0 saturated carbocycles. The smallest absolute Gasteiger partial charge is 0.185 e. The molecule has 2 heteroatoms. The number of hydrogen-bond donors (Lipinski definition) is 0. The predicted octanol–water partition coefficient (Wildman–Crippen LogP) is 2.57. The number of allylic oxidation sites excluding steroid dienone is 4.